The monoisotopic (exact) mass is 185 g/mol. The zero-order chi connectivity index (χ0) is 9.19. The fourth-order valence-corrected chi connectivity index (χ4v) is 2.02. The van der Waals surface area contributed by atoms with Gasteiger partial charge in [-0.2, -0.15) is 0 Å². The van der Waals surface area contributed by atoms with Crippen molar-refractivity contribution in [2.24, 2.45) is 4.99 Å². The average Bonchev–Trinajstić information content (AvgIpc) is 1.82. The van der Waals surface area contributed by atoms with E-state index in [4.69, 9.17) is 5.11 Å². The molecule has 1 aliphatic rings. The summed E-state index contributed by atoms with van der Waals surface area (Å²) in [5, 5.41) is 8.53. The molecule has 0 unspecified atom stereocenters. The molecule has 0 amide bonds. The minimum atomic E-state index is -0.804. The molecule has 3 nitrogen and oxygen atoms in total. The summed E-state index contributed by atoms with van der Waals surface area (Å²) < 4.78 is -0.0699. The van der Waals surface area contributed by atoms with Crippen molar-refractivity contribution in [2.45, 2.75) is 25.0 Å². The number of carboxylic acids is 1. The van der Waals surface area contributed by atoms with E-state index in [9.17, 15) is 4.79 Å². The highest BCUT2D eigenvalue weighted by Gasteiger charge is 2.21. The van der Waals surface area contributed by atoms with Crippen molar-refractivity contribution in [1.82, 2.24) is 0 Å². The molecule has 1 heterocycles. The van der Waals surface area contributed by atoms with E-state index >= 15 is 0 Å². The van der Waals surface area contributed by atoms with Crippen LogP contribution >= 0.6 is 11.8 Å². The summed E-state index contributed by atoms with van der Waals surface area (Å²) in [5.41, 5.74) is 0. The molecular weight excluding hydrogens is 174 g/mol. The van der Waals surface area contributed by atoms with Gasteiger partial charge in [0.05, 0.1) is 6.42 Å². The molecule has 0 aromatic rings. The van der Waals surface area contributed by atoms with E-state index in [1.54, 1.807) is 18.0 Å². The summed E-state index contributed by atoms with van der Waals surface area (Å²) >= 11 is 1.55. The van der Waals surface area contributed by atoms with Crippen molar-refractivity contribution in [3.63, 3.8) is 0 Å². The number of aliphatic imine (C=N–C) groups is 1. The van der Waals surface area contributed by atoms with Crippen molar-refractivity contribution < 1.29 is 9.90 Å². The van der Waals surface area contributed by atoms with Crippen molar-refractivity contribution in [3.05, 3.63) is 11.1 Å². The van der Waals surface area contributed by atoms with Crippen LogP contribution in [0.4, 0.5) is 0 Å². The van der Waals surface area contributed by atoms with E-state index in [2.05, 4.69) is 4.99 Å². The second-order valence-corrected chi connectivity index (χ2v) is 4.93. The zero-order valence-electron chi connectivity index (χ0n) is 7.07. The van der Waals surface area contributed by atoms with Crippen LogP contribution in [0.2, 0.25) is 0 Å². The Morgan fingerprint density at radius 1 is 1.75 bits per heavy atom. The molecule has 0 aliphatic carbocycles. The lowest BCUT2D eigenvalue weighted by molar-refractivity contribution is -0.136. The van der Waals surface area contributed by atoms with Crippen molar-refractivity contribution >= 4 is 23.9 Å². The highest BCUT2D eigenvalue weighted by atomic mass is 32.2. The fraction of sp³-hybridized carbons (Fsp3) is 0.500. The standard InChI is InChI=1S/C8H11NO2S/c1-8(2)5-9-4-6(12-8)3-7(10)11/h4-5H,3H2,1-2H3,(H,10,11). The smallest absolute Gasteiger partial charge is 0.308 e. The number of aliphatic carboxylic acids is 1. The minimum absolute atomic E-state index is 0.0699. The molecule has 12 heavy (non-hydrogen) atoms. The third-order valence-electron chi connectivity index (χ3n) is 1.32. The molecule has 0 saturated carbocycles. The normalized spacial score (nSPS) is 20.3. The van der Waals surface area contributed by atoms with Crippen LogP contribution in [0, 0.1) is 0 Å². The van der Waals surface area contributed by atoms with Gasteiger partial charge in [0.25, 0.3) is 0 Å². The van der Waals surface area contributed by atoms with E-state index in [0.717, 1.165) is 4.91 Å². The third-order valence-corrected chi connectivity index (χ3v) is 2.47. The van der Waals surface area contributed by atoms with Crippen molar-refractivity contribution in [3.8, 4) is 0 Å². The molecule has 1 aliphatic heterocycles. The minimum Gasteiger partial charge on any atom is -0.481 e. The van der Waals surface area contributed by atoms with Crippen LogP contribution in [0.15, 0.2) is 16.1 Å². The van der Waals surface area contributed by atoms with Gasteiger partial charge in [0.1, 0.15) is 0 Å². The van der Waals surface area contributed by atoms with Gasteiger partial charge in [-0.3, -0.25) is 9.79 Å². The summed E-state index contributed by atoms with van der Waals surface area (Å²) in [7, 11) is 0. The Morgan fingerprint density at radius 2 is 2.42 bits per heavy atom. The molecule has 66 valence electrons. The Labute approximate surface area is 75.6 Å². The fourth-order valence-electron chi connectivity index (χ4n) is 0.921. The van der Waals surface area contributed by atoms with Gasteiger partial charge in [0.15, 0.2) is 0 Å². The van der Waals surface area contributed by atoms with Crippen molar-refractivity contribution in [1.29, 1.82) is 0 Å². The number of nitrogens with zero attached hydrogens (tertiary/aromatic N) is 1. The summed E-state index contributed by atoms with van der Waals surface area (Å²) in [5.74, 6) is -0.804. The van der Waals surface area contributed by atoms with Gasteiger partial charge in [0.2, 0.25) is 0 Å². The van der Waals surface area contributed by atoms with Gasteiger partial charge in [-0.05, 0) is 13.8 Å². The molecule has 0 aromatic carbocycles. The van der Waals surface area contributed by atoms with E-state index in [1.165, 1.54) is 0 Å². The first kappa shape index (κ1) is 9.32. The lowest BCUT2D eigenvalue weighted by Crippen LogP contribution is -2.19. The molecule has 0 saturated heterocycles. The molecule has 0 fully saturated rings. The Bertz CT molecular complexity index is 256. The highest BCUT2D eigenvalue weighted by molar-refractivity contribution is 8.05. The number of rotatable bonds is 2. The molecular formula is C8H11NO2S. The highest BCUT2D eigenvalue weighted by Crippen LogP contribution is 2.34. The quantitative estimate of drug-likeness (QED) is 0.714. The van der Waals surface area contributed by atoms with Crippen LogP contribution in [-0.2, 0) is 4.79 Å². The molecule has 0 spiro atoms. The first-order valence-corrected chi connectivity index (χ1v) is 4.45. The van der Waals surface area contributed by atoms with Gasteiger partial charge in [-0.15, -0.1) is 11.8 Å². The van der Waals surface area contributed by atoms with Gasteiger partial charge in [0, 0.05) is 22.1 Å². The molecule has 0 atom stereocenters. The summed E-state index contributed by atoms with van der Waals surface area (Å²) in [6, 6.07) is 0. The largest absolute Gasteiger partial charge is 0.481 e. The lowest BCUT2D eigenvalue weighted by atomic mass is 10.2. The molecule has 1 rings (SSSR count). The Kier molecular flexibility index (Phi) is 2.57. The number of thioether (sulfide) groups is 1. The molecule has 0 aromatic heterocycles. The lowest BCUT2D eigenvalue weighted by Gasteiger charge is -2.22. The van der Waals surface area contributed by atoms with Gasteiger partial charge >= 0.3 is 5.97 Å². The Morgan fingerprint density at radius 3 is 2.92 bits per heavy atom. The molecule has 4 heteroatoms. The van der Waals surface area contributed by atoms with E-state index in [-0.39, 0.29) is 11.2 Å². The number of hydrogen-bond acceptors (Lipinski definition) is 3. The predicted molar refractivity (Wildman–Crippen MR) is 50.5 cm³/mol. The predicted octanol–water partition coefficient (Wildman–Crippen LogP) is 1.90. The maximum Gasteiger partial charge on any atom is 0.308 e. The molecule has 1 N–H and O–H groups in total. The maximum absolute atomic E-state index is 10.4. The number of hydrogen-bond donors (Lipinski definition) is 1. The van der Waals surface area contributed by atoms with Crippen molar-refractivity contribution in [2.75, 3.05) is 0 Å². The molecule has 0 bridgehead atoms. The van der Waals surface area contributed by atoms with Crippen LogP contribution in [0.5, 0.6) is 0 Å². The first-order chi connectivity index (χ1) is 5.49. The van der Waals surface area contributed by atoms with Crippen LogP contribution in [0.1, 0.15) is 20.3 Å². The van der Waals surface area contributed by atoms with Crippen LogP contribution in [0.3, 0.4) is 0 Å². The number of carboxylic acid groups (broad SMARTS) is 1. The zero-order valence-corrected chi connectivity index (χ0v) is 7.89. The molecule has 0 radical (unpaired) electrons. The second kappa shape index (κ2) is 3.31. The van der Waals surface area contributed by atoms with Gasteiger partial charge in [-0.25, -0.2) is 0 Å². The average molecular weight is 185 g/mol. The van der Waals surface area contributed by atoms with E-state index < -0.39 is 5.97 Å². The van der Waals surface area contributed by atoms with Crippen LogP contribution < -0.4 is 0 Å². The summed E-state index contributed by atoms with van der Waals surface area (Å²) in [6.45, 7) is 4.02. The van der Waals surface area contributed by atoms with E-state index in [1.807, 2.05) is 20.1 Å². The van der Waals surface area contributed by atoms with Crippen LogP contribution in [-0.4, -0.2) is 22.0 Å². The van der Waals surface area contributed by atoms with Crippen LogP contribution in [0.25, 0.3) is 0 Å². The summed E-state index contributed by atoms with van der Waals surface area (Å²) in [4.78, 5) is 15.2. The van der Waals surface area contributed by atoms with E-state index in [0.29, 0.717) is 0 Å². The Hall–Kier alpha value is -0.770. The Balaban J connectivity index is 2.64. The SMILES string of the molecule is CC1(C)C=NC=C(CC(=O)O)S1. The maximum atomic E-state index is 10.4. The number of carbonyl (C=O) groups is 1. The van der Waals surface area contributed by atoms with Gasteiger partial charge in [-0.1, -0.05) is 0 Å². The second-order valence-electron chi connectivity index (χ2n) is 3.15. The van der Waals surface area contributed by atoms with Gasteiger partial charge < -0.3 is 5.11 Å². The topological polar surface area (TPSA) is 49.7 Å². The third kappa shape index (κ3) is 2.70. The summed E-state index contributed by atoms with van der Waals surface area (Å²) in [6.07, 6.45) is 3.51. The first-order valence-electron chi connectivity index (χ1n) is 3.64.